The van der Waals surface area contributed by atoms with Gasteiger partial charge >= 0.3 is 21.0 Å². The molecule has 140 heavy (non-hydrogen) atoms. The fourth-order valence-corrected chi connectivity index (χ4v) is 23.6. The van der Waals surface area contributed by atoms with E-state index in [1.54, 1.807) is 48.5 Å². The van der Waals surface area contributed by atoms with Crippen LogP contribution in [0.4, 0.5) is 35.1 Å². The fraction of sp³-hybridized carbons (Fsp3) is 0.301. The Morgan fingerprint density at radius 2 is 0.436 bits per heavy atom. The fourth-order valence-electron chi connectivity index (χ4n) is 13.5. The second-order valence-corrected chi connectivity index (χ2v) is 45.5. The Morgan fingerprint density at radius 1 is 0.264 bits per heavy atom. The molecular formula is C103H108F8O21S8. The maximum atomic E-state index is 13.9. The molecule has 0 bridgehead atoms. The van der Waals surface area contributed by atoms with Crippen LogP contribution >= 0.6 is 0 Å². The molecule has 7 atom stereocenters. The summed E-state index contributed by atoms with van der Waals surface area (Å²) in [5.41, 5.74) is 0. The highest BCUT2D eigenvalue weighted by Gasteiger charge is 2.50. The van der Waals surface area contributed by atoms with E-state index in [9.17, 15) is 87.0 Å². The van der Waals surface area contributed by atoms with Gasteiger partial charge in [0.2, 0.25) is 0 Å². The SMILES string of the molecule is CC(Oc1ccc([S+](c2ccccc2)c2ccc(OC3CCCC3)cc2)cc1)C(F)(F)S(=O)(=O)[O-].CCCCOc1ccc([S+](c2ccc(OCCCC)cc2)c2ccc(OC(C)C(F)(F)S(=O)(=O)[O-])cc2)cc1.CCCCOc1ccc([S+](c2ccccc2)c2ccc(OC(C)C(F)(F)S(=O)(=O)[O-])cc2)cc1.CCOc1ccc([S+](c2ccccc2)c2ccc(OC(C)C(F)(F)S(=O)(=O)[O-])cc2)cc1. The van der Waals surface area contributed by atoms with Gasteiger partial charge in [-0.2, -0.15) is 35.1 Å². The first kappa shape index (κ1) is 111. The molecule has 0 radical (unpaired) electrons. The molecule has 21 nitrogen and oxygen atoms in total. The van der Waals surface area contributed by atoms with E-state index in [1.165, 1.54) is 61.4 Å². The van der Waals surface area contributed by atoms with Gasteiger partial charge in [0.25, 0.3) is 0 Å². The predicted octanol–water partition coefficient (Wildman–Crippen LogP) is 24.0. The van der Waals surface area contributed by atoms with Crippen molar-refractivity contribution in [1.29, 1.82) is 0 Å². The van der Waals surface area contributed by atoms with Gasteiger partial charge in [-0.1, -0.05) is 94.6 Å². The molecule has 1 aliphatic rings. The maximum absolute atomic E-state index is 13.9. The molecule has 750 valence electrons. The van der Waals surface area contributed by atoms with Crippen molar-refractivity contribution in [3.8, 4) is 51.7 Å². The number of rotatable bonds is 44. The van der Waals surface area contributed by atoms with E-state index >= 15 is 0 Å². The minimum Gasteiger partial charge on any atom is -0.743 e. The number of hydrogen-bond donors (Lipinski definition) is 0. The van der Waals surface area contributed by atoms with Crippen LogP contribution in [0.25, 0.3) is 0 Å². The van der Waals surface area contributed by atoms with E-state index in [4.69, 9.17) is 42.6 Å². The maximum Gasteiger partial charge on any atom is 0.369 e. The molecule has 0 amide bonds. The van der Waals surface area contributed by atoms with Crippen LogP contribution in [-0.2, 0) is 84.1 Å². The monoisotopic (exact) mass is 2090 g/mol. The molecule has 0 aliphatic heterocycles. The third-order valence-corrected chi connectivity index (χ3v) is 34.1. The molecule has 13 rings (SSSR count). The van der Waals surface area contributed by atoms with E-state index < -0.39 is 129 Å². The van der Waals surface area contributed by atoms with Gasteiger partial charge in [0.15, 0.2) is 124 Å². The van der Waals surface area contributed by atoms with E-state index in [0.717, 1.165) is 167 Å². The standard InChI is InChI=1S/C29H34F2O6S2.C26H26F2O5S2.C25H26F2O5S2.C23H22F2O5S2/c1-4-6-20-35-23-8-14-26(15-9-23)38(27-16-10-24(11-17-27)36-21-7-5-2)28-18-12-25(13-19-28)37-22(3)29(30,31)39(32,33)34;1-19(26(27,28)35(29,30)31)32-21-11-15-24(16-12-21)34(23-9-3-2-4-10-23)25-17-13-22(14-18-25)33-20-7-5-6-8-20;1-3-4-18-31-20-10-14-23(15-11-20)33(22-8-6-5-7-9-22)24-16-12-21(13-17-24)32-19(2)25(26,27)34(28,29)30;1-3-29-18-9-13-21(14-10-18)31(20-7-5-4-6-8-20)22-15-11-19(12-16-22)30-17(2)23(24,25)32(26,27)28/h8-19,22H,4-7,20-21H2,1-3H3;2-4,9-20H,5-8H2,1H3;5-17,19H,3-4,18H2,1-2H3;4-17H,3H2,1-2H3. The zero-order valence-electron chi connectivity index (χ0n) is 77.6. The van der Waals surface area contributed by atoms with E-state index in [-0.39, 0.29) is 29.1 Å². The van der Waals surface area contributed by atoms with Crippen LogP contribution in [-0.4, -0.2) is 130 Å². The zero-order chi connectivity index (χ0) is 102. The van der Waals surface area contributed by atoms with Gasteiger partial charge in [-0.15, -0.1) is 0 Å². The smallest absolute Gasteiger partial charge is 0.369 e. The predicted molar refractivity (Wildman–Crippen MR) is 520 cm³/mol. The van der Waals surface area contributed by atoms with Crippen LogP contribution in [0, 0.1) is 0 Å². The van der Waals surface area contributed by atoms with Crippen molar-refractivity contribution < 1.29 is 130 Å². The molecule has 0 N–H and O–H groups in total. The number of unbranched alkanes of at least 4 members (excludes halogenated alkanes) is 3. The topological polar surface area (TPSA) is 312 Å². The molecule has 7 unspecified atom stereocenters. The second-order valence-electron chi connectivity index (χ2n) is 31.6. The molecule has 0 saturated heterocycles. The number of benzene rings is 12. The van der Waals surface area contributed by atoms with Gasteiger partial charge in [0.1, 0.15) is 51.7 Å². The lowest BCUT2D eigenvalue weighted by atomic mass is 10.3. The third-order valence-electron chi connectivity index (χ3n) is 21.2. The summed E-state index contributed by atoms with van der Waals surface area (Å²) in [6.45, 7) is 14.1. The van der Waals surface area contributed by atoms with Gasteiger partial charge in [0.05, 0.1) is 76.1 Å². The van der Waals surface area contributed by atoms with Crippen LogP contribution < -0.4 is 42.6 Å². The van der Waals surface area contributed by atoms with Crippen LogP contribution in [0.2, 0.25) is 0 Å². The van der Waals surface area contributed by atoms with Gasteiger partial charge in [-0.25, -0.2) is 33.7 Å². The van der Waals surface area contributed by atoms with Crippen LogP contribution in [0.3, 0.4) is 0 Å². The number of alkyl halides is 8. The summed E-state index contributed by atoms with van der Waals surface area (Å²) in [7, 11) is -25.4. The number of hydrogen-bond acceptors (Lipinski definition) is 21. The summed E-state index contributed by atoms with van der Waals surface area (Å²) < 4.78 is 290. The number of halogens is 8. The van der Waals surface area contributed by atoms with Crippen molar-refractivity contribution in [3.63, 3.8) is 0 Å². The Balaban J connectivity index is 0.000000193. The highest BCUT2D eigenvalue weighted by atomic mass is 32.2. The quantitative estimate of drug-likeness (QED) is 0.0148. The van der Waals surface area contributed by atoms with E-state index in [0.29, 0.717) is 26.4 Å². The molecule has 0 spiro atoms. The molecule has 12 aromatic rings. The van der Waals surface area contributed by atoms with Crippen molar-refractivity contribution in [2.45, 2.75) is 230 Å². The Hall–Kier alpha value is -10.7. The first-order valence-corrected chi connectivity index (χ1v) is 55.2. The van der Waals surface area contributed by atoms with Crippen LogP contribution in [0.15, 0.2) is 368 Å². The highest BCUT2D eigenvalue weighted by Crippen LogP contribution is 2.42. The summed E-state index contributed by atoms with van der Waals surface area (Å²) in [5, 5.41) is -18.2. The van der Waals surface area contributed by atoms with Gasteiger partial charge in [-0.05, 0) is 334 Å². The van der Waals surface area contributed by atoms with Crippen molar-refractivity contribution in [2.24, 2.45) is 0 Å². The minimum atomic E-state index is -5.87. The lowest BCUT2D eigenvalue weighted by Gasteiger charge is -2.26. The van der Waals surface area contributed by atoms with E-state index in [2.05, 4.69) is 20.8 Å². The normalized spacial score (nSPS) is 14.2. The van der Waals surface area contributed by atoms with Crippen molar-refractivity contribution in [2.75, 3.05) is 26.4 Å². The Morgan fingerprint density at radius 3 is 0.614 bits per heavy atom. The molecule has 37 heteroatoms. The van der Waals surface area contributed by atoms with Gasteiger partial charge in [-0.3, -0.25) is 0 Å². The molecule has 0 aromatic heterocycles. The first-order valence-electron chi connectivity index (χ1n) is 44.7. The first-order chi connectivity index (χ1) is 66.5. The van der Waals surface area contributed by atoms with Gasteiger partial charge < -0.3 is 60.8 Å². The summed E-state index contributed by atoms with van der Waals surface area (Å²) in [4.78, 5) is 12.0. The van der Waals surface area contributed by atoms with Crippen molar-refractivity contribution >= 4 is 84.1 Å². The molecule has 1 aliphatic carbocycles. The Labute approximate surface area is 825 Å². The Bertz CT molecular complexity index is 6240. The molecule has 1 saturated carbocycles. The van der Waals surface area contributed by atoms with Crippen LogP contribution in [0.1, 0.15) is 120 Å². The lowest BCUT2D eigenvalue weighted by Crippen LogP contribution is -2.42. The van der Waals surface area contributed by atoms with Crippen molar-refractivity contribution in [1.82, 2.24) is 0 Å². The molecule has 0 heterocycles. The summed E-state index contributed by atoms with van der Waals surface area (Å²) in [5.74, 6) is 4.09. The molecule has 1 fully saturated rings. The second kappa shape index (κ2) is 51.3. The molecule has 12 aromatic carbocycles. The van der Waals surface area contributed by atoms with Crippen molar-refractivity contribution in [3.05, 3.63) is 309 Å². The minimum absolute atomic E-state index is 0.0254. The Kier molecular flexibility index (Phi) is 40.8. The summed E-state index contributed by atoms with van der Waals surface area (Å²) >= 11 is 0. The summed E-state index contributed by atoms with van der Waals surface area (Å²) in [6.07, 6.45) is 2.35. The van der Waals surface area contributed by atoms with Gasteiger partial charge in [0, 0.05) is 0 Å². The third kappa shape index (κ3) is 30.9. The average molecular weight is 2090 g/mol. The van der Waals surface area contributed by atoms with Crippen LogP contribution in [0.5, 0.6) is 51.7 Å². The van der Waals surface area contributed by atoms with E-state index in [1.807, 2.05) is 219 Å². The summed E-state index contributed by atoms with van der Waals surface area (Å²) in [6, 6.07) is 94.8. The largest absolute Gasteiger partial charge is 0.743 e. The molecular weight excluding hydrogens is 1980 g/mol. The number of ether oxygens (including phenoxy) is 9. The highest BCUT2D eigenvalue weighted by molar-refractivity contribution is 7.98. The average Bonchev–Trinajstić information content (AvgIpc) is 0.815. The zero-order valence-corrected chi connectivity index (χ0v) is 84.1. The lowest BCUT2D eigenvalue weighted by molar-refractivity contribution is -0.0242.